The van der Waals surface area contributed by atoms with Crippen molar-refractivity contribution in [3.05, 3.63) is 34.7 Å². The molecule has 0 atom stereocenters. The molecular weight excluding hydrogens is 222 g/mol. The number of furan rings is 1. The highest BCUT2D eigenvalue weighted by molar-refractivity contribution is 7.12. The first-order valence-electron chi connectivity index (χ1n) is 5.26. The first-order valence-corrected chi connectivity index (χ1v) is 6.14. The van der Waals surface area contributed by atoms with E-state index in [4.69, 9.17) is 4.42 Å². The Kier molecular flexibility index (Phi) is 2.29. The van der Waals surface area contributed by atoms with Gasteiger partial charge in [-0.05, 0) is 31.0 Å². The summed E-state index contributed by atoms with van der Waals surface area (Å²) in [7, 11) is 0. The average Bonchev–Trinajstić information content (AvgIpc) is 2.84. The SMILES string of the molecule is O=C(NC1CC1)c1cc(-c2ccco2)cs1. The van der Waals surface area contributed by atoms with Gasteiger partial charge >= 0.3 is 0 Å². The van der Waals surface area contributed by atoms with E-state index in [0.29, 0.717) is 6.04 Å². The third-order valence-electron chi connectivity index (χ3n) is 2.54. The number of rotatable bonds is 3. The summed E-state index contributed by atoms with van der Waals surface area (Å²) < 4.78 is 5.28. The van der Waals surface area contributed by atoms with Gasteiger partial charge in [0.15, 0.2) is 0 Å². The Morgan fingerprint density at radius 2 is 2.38 bits per heavy atom. The number of thiophene rings is 1. The molecule has 1 aliphatic carbocycles. The van der Waals surface area contributed by atoms with Gasteiger partial charge in [0.2, 0.25) is 0 Å². The van der Waals surface area contributed by atoms with Crippen molar-refractivity contribution >= 4 is 17.2 Å². The molecule has 1 aliphatic rings. The summed E-state index contributed by atoms with van der Waals surface area (Å²) in [6.07, 6.45) is 3.86. The Hall–Kier alpha value is -1.55. The molecule has 0 bridgehead atoms. The van der Waals surface area contributed by atoms with Crippen molar-refractivity contribution in [1.82, 2.24) is 5.32 Å². The minimum absolute atomic E-state index is 0.0327. The molecule has 0 spiro atoms. The van der Waals surface area contributed by atoms with Crippen molar-refractivity contribution in [3.8, 4) is 11.3 Å². The van der Waals surface area contributed by atoms with E-state index < -0.39 is 0 Å². The minimum atomic E-state index is 0.0327. The Morgan fingerprint density at radius 3 is 3.06 bits per heavy atom. The van der Waals surface area contributed by atoms with Crippen LogP contribution in [0.1, 0.15) is 22.5 Å². The van der Waals surface area contributed by atoms with Crippen LogP contribution in [0.25, 0.3) is 11.3 Å². The van der Waals surface area contributed by atoms with Crippen LogP contribution in [0.3, 0.4) is 0 Å². The van der Waals surface area contributed by atoms with Crippen LogP contribution < -0.4 is 5.32 Å². The maximum Gasteiger partial charge on any atom is 0.261 e. The Bertz CT molecular complexity index is 497. The largest absolute Gasteiger partial charge is 0.464 e. The molecule has 3 nitrogen and oxygen atoms in total. The summed E-state index contributed by atoms with van der Waals surface area (Å²) in [6, 6.07) is 6.02. The third kappa shape index (κ3) is 1.88. The molecule has 0 unspecified atom stereocenters. The molecule has 3 rings (SSSR count). The fourth-order valence-corrected chi connectivity index (χ4v) is 2.31. The van der Waals surface area contributed by atoms with Gasteiger partial charge in [-0.2, -0.15) is 0 Å². The molecule has 82 valence electrons. The van der Waals surface area contributed by atoms with Crippen molar-refractivity contribution < 1.29 is 9.21 Å². The number of carbonyl (C=O) groups excluding carboxylic acids is 1. The molecule has 2 aromatic heterocycles. The molecule has 1 fully saturated rings. The first-order chi connectivity index (χ1) is 7.83. The zero-order valence-corrected chi connectivity index (χ0v) is 9.42. The Morgan fingerprint density at radius 1 is 1.50 bits per heavy atom. The maximum absolute atomic E-state index is 11.7. The molecule has 0 aliphatic heterocycles. The van der Waals surface area contributed by atoms with Crippen LogP contribution >= 0.6 is 11.3 Å². The molecule has 1 saturated carbocycles. The van der Waals surface area contributed by atoms with Crippen molar-refractivity contribution in [3.63, 3.8) is 0 Å². The maximum atomic E-state index is 11.7. The second-order valence-electron chi connectivity index (χ2n) is 3.92. The van der Waals surface area contributed by atoms with Crippen LogP contribution in [0.4, 0.5) is 0 Å². The number of hydrogen-bond donors (Lipinski definition) is 1. The molecule has 2 heterocycles. The molecule has 1 N–H and O–H groups in total. The second-order valence-corrected chi connectivity index (χ2v) is 4.84. The summed E-state index contributed by atoms with van der Waals surface area (Å²) in [5, 5.41) is 4.91. The van der Waals surface area contributed by atoms with E-state index in [0.717, 1.165) is 29.0 Å². The van der Waals surface area contributed by atoms with Crippen LogP contribution in [0.15, 0.2) is 34.3 Å². The van der Waals surface area contributed by atoms with Crippen LogP contribution in [-0.4, -0.2) is 11.9 Å². The summed E-state index contributed by atoms with van der Waals surface area (Å²) in [6.45, 7) is 0. The molecule has 0 aromatic carbocycles. The molecular formula is C12H11NO2S. The van der Waals surface area contributed by atoms with Crippen LogP contribution in [0, 0.1) is 0 Å². The quantitative estimate of drug-likeness (QED) is 0.885. The average molecular weight is 233 g/mol. The molecule has 0 saturated heterocycles. The predicted octanol–water partition coefficient (Wildman–Crippen LogP) is 2.90. The number of amides is 1. The summed E-state index contributed by atoms with van der Waals surface area (Å²) >= 11 is 1.45. The third-order valence-corrected chi connectivity index (χ3v) is 3.47. The fraction of sp³-hybridized carbons (Fsp3) is 0.250. The topological polar surface area (TPSA) is 42.2 Å². The van der Waals surface area contributed by atoms with Crippen molar-refractivity contribution in [2.45, 2.75) is 18.9 Å². The van der Waals surface area contributed by atoms with Gasteiger partial charge in [-0.1, -0.05) is 0 Å². The van der Waals surface area contributed by atoms with Gasteiger partial charge in [0.05, 0.1) is 11.1 Å². The van der Waals surface area contributed by atoms with E-state index >= 15 is 0 Å². The molecule has 16 heavy (non-hydrogen) atoms. The molecule has 4 heteroatoms. The summed E-state index contributed by atoms with van der Waals surface area (Å²) in [4.78, 5) is 12.5. The summed E-state index contributed by atoms with van der Waals surface area (Å²) in [5.74, 6) is 0.840. The Labute approximate surface area is 97.1 Å². The standard InChI is InChI=1S/C12H11NO2S/c14-12(13-9-3-4-9)11-6-8(7-16-11)10-2-1-5-15-10/h1-2,5-7,9H,3-4H2,(H,13,14). The smallest absolute Gasteiger partial charge is 0.261 e. The fourth-order valence-electron chi connectivity index (χ4n) is 1.51. The van der Waals surface area contributed by atoms with Crippen LogP contribution in [0.2, 0.25) is 0 Å². The second kappa shape index (κ2) is 3.79. The van der Waals surface area contributed by atoms with Gasteiger partial charge < -0.3 is 9.73 Å². The van der Waals surface area contributed by atoms with Crippen molar-refractivity contribution in [1.29, 1.82) is 0 Å². The lowest BCUT2D eigenvalue weighted by Crippen LogP contribution is -2.24. The van der Waals surface area contributed by atoms with E-state index in [1.165, 1.54) is 11.3 Å². The molecule has 2 aromatic rings. The van der Waals surface area contributed by atoms with Gasteiger partial charge in [-0.15, -0.1) is 11.3 Å². The van der Waals surface area contributed by atoms with Crippen molar-refractivity contribution in [2.75, 3.05) is 0 Å². The van der Waals surface area contributed by atoms with Gasteiger partial charge in [0, 0.05) is 17.0 Å². The minimum Gasteiger partial charge on any atom is -0.464 e. The Balaban J connectivity index is 1.79. The van der Waals surface area contributed by atoms with E-state index in [1.54, 1.807) is 6.26 Å². The lowest BCUT2D eigenvalue weighted by atomic mass is 10.2. The van der Waals surface area contributed by atoms with Gasteiger partial charge in [0.1, 0.15) is 5.76 Å². The van der Waals surface area contributed by atoms with E-state index in [1.807, 2.05) is 23.6 Å². The number of hydrogen-bond acceptors (Lipinski definition) is 3. The van der Waals surface area contributed by atoms with E-state index in [-0.39, 0.29) is 5.91 Å². The first kappa shape index (κ1) is 9.66. The normalized spacial score (nSPS) is 15.0. The van der Waals surface area contributed by atoms with Crippen LogP contribution in [-0.2, 0) is 0 Å². The van der Waals surface area contributed by atoms with Crippen molar-refractivity contribution in [2.24, 2.45) is 0 Å². The highest BCUT2D eigenvalue weighted by Crippen LogP contribution is 2.27. The lowest BCUT2D eigenvalue weighted by Gasteiger charge is -1.98. The summed E-state index contributed by atoms with van der Waals surface area (Å²) in [5.41, 5.74) is 0.968. The number of carbonyl (C=O) groups is 1. The van der Waals surface area contributed by atoms with E-state index in [2.05, 4.69) is 5.32 Å². The molecule has 1 amide bonds. The van der Waals surface area contributed by atoms with Crippen LogP contribution in [0.5, 0.6) is 0 Å². The van der Waals surface area contributed by atoms with Gasteiger partial charge in [0.25, 0.3) is 5.91 Å². The lowest BCUT2D eigenvalue weighted by molar-refractivity contribution is 0.0955. The zero-order chi connectivity index (χ0) is 11.0. The highest BCUT2D eigenvalue weighted by atomic mass is 32.1. The zero-order valence-electron chi connectivity index (χ0n) is 8.60. The van der Waals surface area contributed by atoms with Gasteiger partial charge in [-0.25, -0.2) is 0 Å². The van der Waals surface area contributed by atoms with Gasteiger partial charge in [-0.3, -0.25) is 4.79 Å². The highest BCUT2D eigenvalue weighted by Gasteiger charge is 2.24. The monoisotopic (exact) mass is 233 g/mol. The predicted molar refractivity (Wildman–Crippen MR) is 62.5 cm³/mol. The van der Waals surface area contributed by atoms with E-state index in [9.17, 15) is 4.79 Å². The molecule has 0 radical (unpaired) electrons. The number of nitrogens with one attached hydrogen (secondary N) is 1.